The second-order valence-corrected chi connectivity index (χ2v) is 4.36. The van der Waals surface area contributed by atoms with Gasteiger partial charge in [0.2, 0.25) is 5.91 Å². The van der Waals surface area contributed by atoms with Crippen molar-refractivity contribution in [2.24, 2.45) is 0 Å². The van der Waals surface area contributed by atoms with Crippen molar-refractivity contribution in [3.05, 3.63) is 35.6 Å². The molecule has 98 valence electrons. The number of halogens is 1. The van der Waals surface area contributed by atoms with E-state index < -0.39 is 0 Å². The van der Waals surface area contributed by atoms with Crippen molar-refractivity contribution in [1.29, 1.82) is 0 Å². The Morgan fingerprint density at radius 2 is 2.22 bits per heavy atom. The topological polar surface area (TPSA) is 50.4 Å². The Kier molecular flexibility index (Phi) is 4.28. The Hall–Kier alpha value is -1.46. The minimum Gasteiger partial charge on any atom is -0.378 e. The summed E-state index contributed by atoms with van der Waals surface area (Å²) < 4.78 is 18.0. The van der Waals surface area contributed by atoms with Crippen molar-refractivity contribution in [3.8, 4) is 0 Å². The van der Waals surface area contributed by atoms with Gasteiger partial charge < -0.3 is 15.4 Å². The Balaban J connectivity index is 1.91. The van der Waals surface area contributed by atoms with E-state index >= 15 is 0 Å². The third kappa shape index (κ3) is 3.27. The molecule has 2 atom stereocenters. The molecule has 0 aromatic heterocycles. The third-order valence-electron chi connectivity index (χ3n) is 2.97. The van der Waals surface area contributed by atoms with E-state index in [0.29, 0.717) is 19.8 Å². The fourth-order valence-electron chi connectivity index (χ4n) is 1.88. The lowest BCUT2D eigenvalue weighted by Crippen LogP contribution is -2.51. The van der Waals surface area contributed by atoms with Crippen LogP contribution in [0.15, 0.2) is 24.3 Å². The van der Waals surface area contributed by atoms with Crippen LogP contribution in [-0.4, -0.2) is 31.7 Å². The molecular formula is C13H17FN2O2. The predicted molar refractivity (Wildman–Crippen MR) is 65.6 cm³/mol. The summed E-state index contributed by atoms with van der Waals surface area (Å²) in [6.45, 7) is 3.58. The van der Waals surface area contributed by atoms with Crippen LogP contribution in [0.2, 0.25) is 0 Å². The van der Waals surface area contributed by atoms with Crippen LogP contribution >= 0.6 is 0 Å². The van der Waals surface area contributed by atoms with E-state index in [1.807, 2.05) is 6.92 Å². The molecule has 1 fully saturated rings. The summed E-state index contributed by atoms with van der Waals surface area (Å²) in [4.78, 5) is 11.9. The monoisotopic (exact) mass is 252 g/mol. The van der Waals surface area contributed by atoms with Gasteiger partial charge in [0.1, 0.15) is 11.9 Å². The molecular weight excluding hydrogens is 235 g/mol. The van der Waals surface area contributed by atoms with Gasteiger partial charge in [-0.3, -0.25) is 4.79 Å². The van der Waals surface area contributed by atoms with Crippen LogP contribution in [0.25, 0.3) is 0 Å². The van der Waals surface area contributed by atoms with Crippen molar-refractivity contribution in [3.63, 3.8) is 0 Å². The largest absolute Gasteiger partial charge is 0.378 e. The maximum Gasteiger partial charge on any atom is 0.240 e. The highest BCUT2D eigenvalue weighted by molar-refractivity contribution is 5.82. The number of carbonyl (C=O) groups excluding carboxylic acids is 1. The summed E-state index contributed by atoms with van der Waals surface area (Å²) in [6.07, 6.45) is 0. The lowest BCUT2D eigenvalue weighted by molar-refractivity contribution is -0.126. The normalized spacial score (nSPS) is 21.3. The van der Waals surface area contributed by atoms with Gasteiger partial charge in [-0.05, 0) is 24.6 Å². The number of benzene rings is 1. The van der Waals surface area contributed by atoms with E-state index in [9.17, 15) is 9.18 Å². The Labute approximate surface area is 106 Å². The summed E-state index contributed by atoms with van der Waals surface area (Å²) in [5.74, 6) is -0.369. The number of hydrogen-bond donors (Lipinski definition) is 2. The predicted octanol–water partition coefficient (Wildman–Crippen LogP) is 0.991. The lowest BCUT2D eigenvalue weighted by Gasteiger charge is -2.24. The number of rotatable bonds is 3. The van der Waals surface area contributed by atoms with E-state index in [1.54, 1.807) is 12.1 Å². The van der Waals surface area contributed by atoms with Gasteiger partial charge in [0.25, 0.3) is 0 Å². The minimum absolute atomic E-state index is 0.0912. The highest BCUT2D eigenvalue weighted by Gasteiger charge is 2.22. The highest BCUT2D eigenvalue weighted by Crippen LogP contribution is 2.13. The van der Waals surface area contributed by atoms with Crippen molar-refractivity contribution in [1.82, 2.24) is 10.6 Å². The fraction of sp³-hybridized carbons (Fsp3) is 0.462. The summed E-state index contributed by atoms with van der Waals surface area (Å²) in [7, 11) is 0. The Morgan fingerprint density at radius 3 is 2.83 bits per heavy atom. The van der Waals surface area contributed by atoms with Gasteiger partial charge in [0, 0.05) is 6.54 Å². The number of carbonyl (C=O) groups is 1. The molecule has 2 unspecified atom stereocenters. The molecule has 0 spiro atoms. The summed E-state index contributed by atoms with van der Waals surface area (Å²) in [5, 5.41) is 5.97. The highest BCUT2D eigenvalue weighted by atomic mass is 19.1. The van der Waals surface area contributed by atoms with Crippen LogP contribution in [0.4, 0.5) is 4.39 Å². The minimum atomic E-state index is -0.304. The van der Waals surface area contributed by atoms with Gasteiger partial charge in [-0.15, -0.1) is 0 Å². The number of hydrogen-bond acceptors (Lipinski definition) is 3. The van der Waals surface area contributed by atoms with Crippen LogP contribution in [-0.2, 0) is 9.53 Å². The van der Waals surface area contributed by atoms with E-state index in [0.717, 1.165) is 5.56 Å². The van der Waals surface area contributed by atoms with Crippen molar-refractivity contribution < 1.29 is 13.9 Å². The van der Waals surface area contributed by atoms with Gasteiger partial charge in [-0.25, -0.2) is 4.39 Å². The molecule has 2 rings (SSSR count). The molecule has 1 heterocycles. The summed E-state index contributed by atoms with van der Waals surface area (Å²) in [5.41, 5.74) is 0.876. The molecule has 0 radical (unpaired) electrons. The van der Waals surface area contributed by atoms with Gasteiger partial charge in [0.05, 0.1) is 19.3 Å². The van der Waals surface area contributed by atoms with E-state index in [4.69, 9.17) is 4.74 Å². The SMILES string of the molecule is CC(NC(=O)C1COCCN1)c1ccc(F)cc1. The molecule has 0 aliphatic carbocycles. The van der Waals surface area contributed by atoms with Crippen molar-refractivity contribution >= 4 is 5.91 Å². The van der Waals surface area contributed by atoms with Crippen LogP contribution in [0.1, 0.15) is 18.5 Å². The summed E-state index contributed by atoms with van der Waals surface area (Å²) >= 11 is 0. The fourth-order valence-corrected chi connectivity index (χ4v) is 1.88. The van der Waals surface area contributed by atoms with E-state index in [1.165, 1.54) is 12.1 Å². The second-order valence-electron chi connectivity index (χ2n) is 4.36. The molecule has 5 heteroatoms. The zero-order valence-electron chi connectivity index (χ0n) is 10.3. The molecule has 1 saturated heterocycles. The molecule has 18 heavy (non-hydrogen) atoms. The first-order valence-corrected chi connectivity index (χ1v) is 6.04. The molecule has 0 bridgehead atoms. The van der Waals surface area contributed by atoms with Crippen LogP contribution < -0.4 is 10.6 Å². The zero-order valence-corrected chi connectivity index (χ0v) is 10.3. The van der Waals surface area contributed by atoms with Crippen LogP contribution in [0.5, 0.6) is 0 Å². The number of amides is 1. The quantitative estimate of drug-likeness (QED) is 0.843. The smallest absolute Gasteiger partial charge is 0.240 e. The number of morpholine rings is 1. The maximum absolute atomic E-state index is 12.8. The molecule has 1 aliphatic heterocycles. The average Bonchev–Trinajstić information content (AvgIpc) is 2.40. The van der Waals surface area contributed by atoms with E-state index in [2.05, 4.69) is 10.6 Å². The standard InChI is InChI=1S/C13H17FN2O2/c1-9(10-2-4-11(14)5-3-10)16-13(17)12-8-18-7-6-15-12/h2-5,9,12,15H,6-8H2,1H3,(H,16,17). The van der Waals surface area contributed by atoms with Gasteiger partial charge in [-0.1, -0.05) is 12.1 Å². The molecule has 2 N–H and O–H groups in total. The maximum atomic E-state index is 12.8. The number of ether oxygens (including phenoxy) is 1. The van der Waals surface area contributed by atoms with Crippen molar-refractivity contribution in [2.45, 2.75) is 19.0 Å². The molecule has 4 nitrogen and oxygen atoms in total. The van der Waals surface area contributed by atoms with E-state index in [-0.39, 0.29) is 23.8 Å². The average molecular weight is 252 g/mol. The number of nitrogens with one attached hydrogen (secondary N) is 2. The Bertz CT molecular complexity index is 402. The van der Waals surface area contributed by atoms with Crippen molar-refractivity contribution in [2.75, 3.05) is 19.8 Å². The Morgan fingerprint density at radius 1 is 1.50 bits per heavy atom. The molecule has 1 aromatic rings. The first-order chi connectivity index (χ1) is 8.66. The zero-order chi connectivity index (χ0) is 13.0. The molecule has 1 amide bonds. The van der Waals surface area contributed by atoms with Gasteiger partial charge in [0.15, 0.2) is 0 Å². The van der Waals surface area contributed by atoms with Crippen LogP contribution in [0, 0.1) is 5.82 Å². The lowest BCUT2D eigenvalue weighted by atomic mass is 10.1. The molecule has 1 aromatic carbocycles. The van der Waals surface area contributed by atoms with Gasteiger partial charge in [-0.2, -0.15) is 0 Å². The molecule has 1 aliphatic rings. The van der Waals surface area contributed by atoms with Gasteiger partial charge >= 0.3 is 0 Å². The summed E-state index contributed by atoms with van der Waals surface area (Å²) in [6, 6.07) is 5.67. The van der Waals surface area contributed by atoms with Crippen LogP contribution in [0.3, 0.4) is 0 Å². The molecule has 0 saturated carbocycles. The third-order valence-corrected chi connectivity index (χ3v) is 2.97. The second kappa shape index (κ2) is 5.93. The first-order valence-electron chi connectivity index (χ1n) is 6.04. The first kappa shape index (κ1) is 13.0.